The molecular weight excluding hydrogens is 368 g/mol. The van der Waals surface area contributed by atoms with Gasteiger partial charge in [-0.1, -0.05) is 30.3 Å². The number of nitrogens with one attached hydrogen (secondary N) is 1. The lowest BCUT2D eigenvalue weighted by Gasteiger charge is -2.48. The Balaban J connectivity index is 1.54. The number of nitrogens with two attached hydrogens (primary N) is 1. The van der Waals surface area contributed by atoms with E-state index < -0.39 is 11.3 Å². The van der Waals surface area contributed by atoms with Gasteiger partial charge >= 0.3 is 0 Å². The molecule has 2 heterocycles. The van der Waals surface area contributed by atoms with Gasteiger partial charge in [-0.05, 0) is 30.2 Å². The number of imidazole rings is 1. The average Bonchev–Trinajstić information content (AvgIpc) is 3.24. The summed E-state index contributed by atoms with van der Waals surface area (Å²) in [4.78, 5) is 34.3. The fourth-order valence-electron chi connectivity index (χ4n) is 3.81. The predicted molar refractivity (Wildman–Crippen MR) is 108 cm³/mol. The highest BCUT2D eigenvalue weighted by Gasteiger charge is 2.50. The van der Waals surface area contributed by atoms with Gasteiger partial charge in [0.2, 0.25) is 5.91 Å². The van der Waals surface area contributed by atoms with Gasteiger partial charge in [-0.25, -0.2) is 4.98 Å². The number of aromatic nitrogens is 2. The number of nitrogens with zero attached hydrogens (tertiary/aromatic N) is 2. The first-order valence-electron chi connectivity index (χ1n) is 9.33. The Labute approximate surface area is 168 Å². The van der Waals surface area contributed by atoms with Crippen LogP contribution in [0.1, 0.15) is 15.9 Å². The molecule has 0 unspecified atom stereocenters. The Bertz CT molecular complexity index is 1040. The molecule has 0 saturated carbocycles. The number of hydrogen-bond acceptors (Lipinski definition) is 4. The minimum Gasteiger partial charge on any atom is -0.497 e. The number of primary amides is 1. The molecule has 0 bridgehead atoms. The van der Waals surface area contributed by atoms with E-state index in [0.29, 0.717) is 17.8 Å². The Morgan fingerprint density at radius 3 is 2.69 bits per heavy atom. The monoisotopic (exact) mass is 390 g/mol. The molecule has 1 fully saturated rings. The van der Waals surface area contributed by atoms with Gasteiger partial charge in [0.1, 0.15) is 11.6 Å². The van der Waals surface area contributed by atoms with Crippen LogP contribution < -0.4 is 10.5 Å². The van der Waals surface area contributed by atoms with Crippen LogP contribution in [0.2, 0.25) is 0 Å². The summed E-state index contributed by atoms with van der Waals surface area (Å²) in [6.07, 6.45) is 3.82. The predicted octanol–water partition coefficient (Wildman–Crippen LogP) is 2.26. The van der Waals surface area contributed by atoms with E-state index in [1.807, 2.05) is 42.5 Å². The number of aromatic amines is 1. The summed E-state index contributed by atoms with van der Waals surface area (Å²) in [6, 6.07) is 14.9. The zero-order valence-corrected chi connectivity index (χ0v) is 16.1. The van der Waals surface area contributed by atoms with Crippen molar-refractivity contribution in [2.75, 3.05) is 20.2 Å². The van der Waals surface area contributed by atoms with Crippen LogP contribution >= 0.6 is 0 Å². The summed E-state index contributed by atoms with van der Waals surface area (Å²) in [5, 5.41) is 0. The van der Waals surface area contributed by atoms with Crippen molar-refractivity contribution in [2.45, 2.75) is 6.42 Å². The molecule has 4 rings (SSSR count). The molecule has 1 aromatic heterocycles. The summed E-state index contributed by atoms with van der Waals surface area (Å²) >= 11 is 0. The smallest absolute Gasteiger partial charge is 0.254 e. The quantitative estimate of drug-likeness (QED) is 0.674. The van der Waals surface area contributed by atoms with Crippen molar-refractivity contribution in [2.24, 2.45) is 11.1 Å². The summed E-state index contributed by atoms with van der Waals surface area (Å²) in [6.45, 7) is 0.565. The molecule has 0 spiro atoms. The van der Waals surface area contributed by atoms with Gasteiger partial charge in [0, 0.05) is 31.0 Å². The molecule has 2 amide bonds. The number of amides is 2. The van der Waals surface area contributed by atoms with Crippen molar-refractivity contribution < 1.29 is 14.3 Å². The first kappa shape index (κ1) is 18.7. The fraction of sp³-hybridized carbons (Fsp3) is 0.227. The first-order valence-corrected chi connectivity index (χ1v) is 9.33. The molecule has 1 saturated heterocycles. The third kappa shape index (κ3) is 3.47. The first-order chi connectivity index (χ1) is 14.0. The lowest BCUT2D eigenvalue weighted by molar-refractivity contribution is -0.135. The van der Waals surface area contributed by atoms with Gasteiger partial charge in [0.25, 0.3) is 5.91 Å². The Morgan fingerprint density at radius 2 is 2.00 bits per heavy atom. The normalized spacial score (nSPS) is 14.9. The van der Waals surface area contributed by atoms with Crippen molar-refractivity contribution in [1.82, 2.24) is 14.9 Å². The Morgan fingerprint density at radius 1 is 1.21 bits per heavy atom. The summed E-state index contributed by atoms with van der Waals surface area (Å²) in [5.41, 5.74) is 7.18. The van der Waals surface area contributed by atoms with Crippen molar-refractivity contribution in [3.63, 3.8) is 0 Å². The highest BCUT2D eigenvalue weighted by molar-refractivity contribution is 6.01. The van der Waals surface area contributed by atoms with E-state index in [-0.39, 0.29) is 19.0 Å². The van der Waals surface area contributed by atoms with Crippen molar-refractivity contribution >= 4 is 11.8 Å². The standard InChI is InChI=1S/C22H22N4O3/c1-29-16-6-4-5-15(11-16)12-22(21(23)28)13-26(14-22)20(27)18-8-3-2-7-17(18)19-24-9-10-25-19/h2-11H,12-14H2,1H3,(H2,23,28)(H,24,25). The van der Waals surface area contributed by atoms with E-state index >= 15 is 0 Å². The maximum Gasteiger partial charge on any atom is 0.254 e. The van der Waals surface area contributed by atoms with E-state index in [1.54, 1.807) is 30.5 Å². The number of rotatable bonds is 6. The molecule has 2 aromatic carbocycles. The van der Waals surface area contributed by atoms with Crippen LogP contribution in [-0.2, 0) is 11.2 Å². The second-order valence-electron chi connectivity index (χ2n) is 7.32. The van der Waals surface area contributed by atoms with Crippen LogP contribution in [0.3, 0.4) is 0 Å². The third-order valence-corrected chi connectivity index (χ3v) is 5.38. The minimum atomic E-state index is -0.776. The maximum absolute atomic E-state index is 13.1. The van der Waals surface area contributed by atoms with E-state index in [0.717, 1.165) is 16.9 Å². The van der Waals surface area contributed by atoms with Crippen molar-refractivity contribution in [3.05, 3.63) is 72.1 Å². The molecule has 0 radical (unpaired) electrons. The summed E-state index contributed by atoms with van der Waals surface area (Å²) in [5.74, 6) is 0.817. The van der Waals surface area contributed by atoms with E-state index in [1.165, 1.54) is 0 Å². The zero-order chi connectivity index (χ0) is 20.4. The van der Waals surface area contributed by atoms with Gasteiger partial charge in [-0.2, -0.15) is 0 Å². The van der Waals surface area contributed by atoms with Crippen LogP contribution in [0.25, 0.3) is 11.4 Å². The molecule has 3 aromatic rings. The van der Waals surface area contributed by atoms with Crippen LogP contribution in [-0.4, -0.2) is 46.9 Å². The molecule has 7 heteroatoms. The van der Waals surface area contributed by atoms with Crippen molar-refractivity contribution in [1.29, 1.82) is 0 Å². The van der Waals surface area contributed by atoms with E-state index in [2.05, 4.69) is 9.97 Å². The number of carbonyl (C=O) groups excluding carboxylic acids is 2. The SMILES string of the molecule is COc1cccc(CC2(C(N)=O)CN(C(=O)c3ccccc3-c3ncc[nH]3)C2)c1. The molecule has 3 N–H and O–H groups in total. The maximum atomic E-state index is 13.1. The molecular formula is C22H22N4O3. The number of likely N-dealkylation sites (tertiary alicyclic amines) is 1. The van der Waals surface area contributed by atoms with Crippen molar-refractivity contribution in [3.8, 4) is 17.1 Å². The van der Waals surface area contributed by atoms with E-state index in [9.17, 15) is 9.59 Å². The number of hydrogen-bond donors (Lipinski definition) is 2. The lowest BCUT2D eigenvalue weighted by Crippen LogP contribution is -2.64. The molecule has 1 aliphatic rings. The van der Waals surface area contributed by atoms with Gasteiger partial charge in [0.05, 0.1) is 18.1 Å². The second kappa shape index (κ2) is 7.43. The fourth-order valence-corrected chi connectivity index (χ4v) is 3.81. The second-order valence-corrected chi connectivity index (χ2v) is 7.32. The van der Waals surface area contributed by atoms with Gasteiger partial charge < -0.3 is 20.4 Å². The number of benzene rings is 2. The highest BCUT2D eigenvalue weighted by atomic mass is 16.5. The molecule has 0 aliphatic carbocycles. The van der Waals surface area contributed by atoms with Crippen LogP contribution in [0.15, 0.2) is 60.9 Å². The van der Waals surface area contributed by atoms with Crippen LogP contribution in [0.5, 0.6) is 5.75 Å². The molecule has 148 valence electrons. The highest BCUT2D eigenvalue weighted by Crippen LogP contribution is 2.36. The number of H-pyrrole nitrogens is 1. The largest absolute Gasteiger partial charge is 0.497 e. The van der Waals surface area contributed by atoms with Gasteiger partial charge in [0.15, 0.2) is 0 Å². The average molecular weight is 390 g/mol. The molecule has 29 heavy (non-hydrogen) atoms. The van der Waals surface area contributed by atoms with Crippen LogP contribution in [0.4, 0.5) is 0 Å². The van der Waals surface area contributed by atoms with Gasteiger partial charge in [-0.3, -0.25) is 9.59 Å². The number of methoxy groups -OCH3 is 1. The minimum absolute atomic E-state index is 0.139. The number of carbonyl (C=O) groups is 2. The molecule has 7 nitrogen and oxygen atoms in total. The Kier molecular flexibility index (Phi) is 4.80. The summed E-state index contributed by atoms with van der Waals surface area (Å²) in [7, 11) is 1.60. The Hall–Kier alpha value is -3.61. The molecule has 0 atom stereocenters. The topological polar surface area (TPSA) is 101 Å². The lowest BCUT2D eigenvalue weighted by atomic mass is 9.73. The zero-order valence-electron chi connectivity index (χ0n) is 16.1. The van der Waals surface area contributed by atoms with Crippen LogP contribution in [0, 0.1) is 5.41 Å². The van der Waals surface area contributed by atoms with E-state index in [4.69, 9.17) is 10.5 Å². The van der Waals surface area contributed by atoms with Gasteiger partial charge in [-0.15, -0.1) is 0 Å². The summed E-state index contributed by atoms with van der Waals surface area (Å²) < 4.78 is 5.26. The number of ether oxygens (including phenoxy) is 1. The third-order valence-electron chi connectivity index (χ3n) is 5.38. The molecule has 1 aliphatic heterocycles.